The minimum Gasteiger partial charge on any atom is -0.314 e. The van der Waals surface area contributed by atoms with E-state index in [9.17, 15) is 0 Å². The second-order valence-corrected chi connectivity index (χ2v) is 7.31. The SMILES string of the molecule is CNC1(C)CC2(C)CC(N(C)C)CC2(C)C1. The van der Waals surface area contributed by atoms with Gasteiger partial charge in [0.05, 0.1) is 0 Å². The lowest BCUT2D eigenvalue weighted by Gasteiger charge is -2.33. The highest BCUT2D eigenvalue weighted by molar-refractivity contribution is 5.14. The number of hydrogen-bond donors (Lipinski definition) is 1. The van der Waals surface area contributed by atoms with Crippen molar-refractivity contribution in [3.8, 4) is 0 Å². The highest BCUT2D eigenvalue weighted by atomic mass is 15.1. The lowest BCUT2D eigenvalue weighted by Crippen LogP contribution is -2.39. The standard InChI is InChI=1S/C14H28N2/c1-12-7-11(16(5)6)8-13(12,2)10-14(3,9-12)15-4/h11,15H,7-10H2,1-6H3. The van der Waals surface area contributed by atoms with E-state index < -0.39 is 0 Å². The van der Waals surface area contributed by atoms with Gasteiger partial charge in [-0.05, 0) is 64.6 Å². The van der Waals surface area contributed by atoms with Gasteiger partial charge in [-0.1, -0.05) is 13.8 Å². The molecule has 0 aromatic rings. The van der Waals surface area contributed by atoms with Crippen LogP contribution < -0.4 is 5.32 Å². The molecule has 0 bridgehead atoms. The molecule has 0 spiro atoms. The minimum absolute atomic E-state index is 0.362. The first-order valence-electron chi connectivity index (χ1n) is 6.59. The molecular formula is C14H28N2. The van der Waals surface area contributed by atoms with Crippen molar-refractivity contribution in [3.05, 3.63) is 0 Å². The Hall–Kier alpha value is -0.0800. The first-order chi connectivity index (χ1) is 7.24. The van der Waals surface area contributed by atoms with Gasteiger partial charge in [0.2, 0.25) is 0 Å². The van der Waals surface area contributed by atoms with Crippen LogP contribution in [0.15, 0.2) is 0 Å². The third-order valence-electron chi connectivity index (χ3n) is 5.72. The Labute approximate surface area is 101 Å². The lowest BCUT2D eigenvalue weighted by atomic mass is 9.71. The van der Waals surface area contributed by atoms with Crippen molar-refractivity contribution < 1.29 is 0 Å². The molecule has 2 nitrogen and oxygen atoms in total. The van der Waals surface area contributed by atoms with E-state index in [0.717, 1.165) is 6.04 Å². The first-order valence-corrected chi connectivity index (χ1v) is 6.59. The van der Waals surface area contributed by atoms with Gasteiger partial charge < -0.3 is 10.2 Å². The van der Waals surface area contributed by atoms with Crippen molar-refractivity contribution in [2.75, 3.05) is 21.1 Å². The summed E-state index contributed by atoms with van der Waals surface area (Å²) in [6.07, 6.45) is 5.40. The molecular weight excluding hydrogens is 196 g/mol. The topological polar surface area (TPSA) is 15.3 Å². The molecule has 0 aromatic carbocycles. The van der Waals surface area contributed by atoms with Gasteiger partial charge in [0, 0.05) is 11.6 Å². The average Bonchev–Trinajstić information content (AvgIpc) is 2.48. The molecule has 0 aliphatic heterocycles. The average molecular weight is 224 g/mol. The van der Waals surface area contributed by atoms with Crippen LogP contribution in [0.25, 0.3) is 0 Å². The molecule has 2 fully saturated rings. The van der Waals surface area contributed by atoms with Crippen LogP contribution in [0.1, 0.15) is 46.5 Å². The summed E-state index contributed by atoms with van der Waals surface area (Å²) in [5, 5.41) is 3.55. The molecule has 2 heteroatoms. The molecule has 2 aliphatic carbocycles. The van der Waals surface area contributed by atoms with Gasteiger partial charge in [0.1, 0.15) is 0 Å². The normalized spacial score (nSPS) is 52.3. The molecule has 2 rings (SSSR count). The molecule has 0 radical (unpaired) electrons. The number of hydrogen-bond acceptors (Lipinski definition) is 2. The summed E-state index contributed by atoms with van der Waals surface area (Å²) in [5.41, 5.74) is 1.42. The summed E-state index contributed by atoms with van der Waals surface area (Å²) in [5.74, 6) is 0. The number of fused-ring (bicyclic) bond motifs is 1. The highest BCUT2D eigenvalue weighted by Crippen LogP contribution is 2.65. The van der Waals surface area contributed by atoms with E-state index in [1.54, 1.807) is 0 Å². The van der Waals surface area contributed by atoms with Gasteiger partial charge in [0.25, 0.3) is 0 Å². The Balaban J connectivity index is 2.22. The molecule has 1 N–H and O–H groups in total. The van der Waals surface area contributed by atoms with E-state index in [1.807, 2.05) is 0 Å². The lowest BCUT2D eigenvalue weighted by molar-refractivity contribution is 0.157. The zero-order valence-corrected chi connectivity index (χ0v) is 11.9. The van der Waals surface area contributed by atoms with E-state index in [2.05, 4.69) is 52.1 Å². The summed E-state index contributed by atoms with van der Waals surface area (Å²) in [4.78, 5) is 2.42. The predicted molar refractivity (Wildman–Crippen MR) is 69.6 cm³/mol. The van der Waals surface area contributed by atoms with Crippen LogP contribution in [0, 0.1) is 10.8 Å². The van der Waals surface area contributed by atoms with Crippen LogP contribution in [0.2, 0.25) is 0 Å². The van der Waals surface area contributed by atoms with E-state index in [1.165, 1.54) is 25.7 Å². The summed E-state index contributed by atoms with van der Waals surface area (Å²) in [7, 11) is 6.59. The number of nitrogens with one attached hydrogen (secondary N) is 1. The quantitative estimate of drug-likeness (QED) is 0.775. The second-order valence-electron chi connectivity index (χ2n) is 7.31. The van der Waals surface area contributed by atoms with Crippen molar-refractivity contribution in [2.45, 2.75) is 58.0 Å². The molecule has 0 heterocycles. The molecule has 0 amide bonds. The summed E-state index contributed by atoms with van der Waals surface area (Å²) in [6.45, 7) is 7.42. The van der Waals surface area contributed by atoms with Gasteiger partial charge in [0.15, 0.2) is 0 Å². The van der Waals surface area contributed by atoms with Crippen LogP contribution in [0.5, 0.6) is 0 Å². The second kappa shape index (κ2) is 3.46. The fraction of sp³-hybridized carbons (Fsp3) is 1.00. The Bertz CT molecular complexity index is 266. The number of nitrogens with zero attached hydrogens (tertiary/aromatic N) is 1. The summed E-state index contributed by atoms with van der Waals surface area (Å²) in [6, 6.07) is 0.788. The maximum atomic E-state index is 3.55. The van der Waals surface area contributed by atoms with Crippen LogP contribution in [0.4, 0.5) is 0 Å². The summed E-state index contributed by atoms with van der Waals surface area (Å²) >= 11 is 0. The zero-order valence-electron chi connectivity index (χ0n) is 11.9. The molecule has 2 saturated carbocycles. The van der Waals surface area contributed by atoms with Crippen LogP contribution >= 0.6 is 0 Å². The van der Waals surface area contributed by atoms with Gasteiger partial charge in [-0.25, -0.2) is 0 Å². The van der Waals surface area contributed by atoms with Gasteiger partial charge in [-0.2, -0.15) is 0 Å². The highest BCUT2D eigenvalue weighted by Gasteiger charge is 2.61. The van der Waals surface area contributed by atoms with Gasteiger partial charge >= 0.3 is 0 Å². The third-order valence-corrected chi connectivity index (χ3v) is 5.72. The van der Waals surface area contributed by atoms with Crippen LogP contribution in [-0.4, -0.2) is 37.6 Å². The zero-order chi connectivity index (χ0) is 12.2. The maximum Gasteiger partial charge on any atom is 0.0161 e. The predicted octanol–water partition coefficient (Wildman–Crippen LogP) is 2.49. The smallest absolute Gasteiger partial charge is 0.0161 e. The van der Waals surface area contributed by atoms with Gasteiger partial charge in [-0.3, -0.25) is 0 Å². The first kappa shape index (κ1) is 12.4. The van der Waals surface area contributed by atoms with Crippen LogP contribution in [0.3, 0.4) is 0 Å². The monoisotopic (exact) mass is 224 g/mol. The Kier molecular flexibility index (Phi) is 2.67. The van der Waals surface area contributed by atoms with E-state index >= 15 is 0 Å². The van der Waals surface area contributed by atoms with Crippen molar-refractivity contribution >= 4 is 0 Å². The Morgan fingerprint density at radius 2 is 1.44 bits per heavy atom. The fourth-order valence-electron chi connectivity index (χ4n) is 4.50. The van der Waals surface area contributed by atoms with Gasteiger partial charge in [-0.15, -0.1) is 0 Å². The Morgan fingerprint density at radius 1 is 1.00 bits per heavy atom. The molecule has 2 unspecified atom stereocenters. The maximum absolute atomic E-state index is 3.55. The van der Waals surface area contributed by atoms with Crippen molar-refractivity contribution in [1.82, 2.24) is 10.2 Å². The number of rotatable bonds is 2. The Morgan fingerprint density at radius 3 is 1.75 bits per heavy atom. The van der Waals surface area contributed by atoms with Crippen molar-refractivity contribution in [2.24, 2.45) is 10.8 Å². The minimum atomic E-state index is 0.362. The van der Waals surface area contributed by atoms with E-state index in [-0.39, 0.29) is 0 Å². The van der Waals surface area contributed by atoms with Crippen LogP contribution in [-0.2, 0) is 0 Å². The molecule has 2 atom stereocenters. The molecule has 0 saturated heterocycles. The third kappa shape index (κ3) is 1.62. The van der Waals surface area contributed by atoms with E-state index in [0.29, 0.717) is 16.4 Å². The summed E-state index contributed by atoms with van der Waals surface area (Å²) < 4.78 is 0. The molecule has 0 aromatic heterocycles. The molecule has 94 valence electrons. The largest absolute Gasteiger partial charge is 0.314 e. The van der Waals surface area contributed by atoms with E-state index in [4.69, 9.17) is 0 Å². The molecule has 2 aliphatic rings. The van der Waals surface area contributed by atoms with Crippen molar-refractivity contribution in [3.63, 3.8) is 0 Å². The van der Waals surface area contributed by atoms with Crippen molar-refractivity contribution in [1.29, 1.82) is 0 Å². The fourth-order valence-corrected chi connectivity index (χ4v) is 4.50. The molecule has 16 heavy (non-hydrogen) atoms.